The van der Waals surface area contributed by atoms with Crippen LogP contribution in [0.4, 0.5) is 5.69 Å². The topological polar surface area (TPSA) is 32.6 Å². The van der Waals surface area contributed by atoms with Crippen molar-refractivity contribution in [2.45, 2.75) is 4.90 Å². The number of hydrogen-bond donors (Lipinski definition) is 1. The van der Waals surface area contributed by atoms with E-state index in [0.717, 1.165) is 18.6 Å². The molecule has 2 aromatic rings. The summed E-state index contributed by atoms with van der Waals surface area (Å²) in [7, 11) is 0. The van der Waals surface area contributed by atoms with Gasteiger partial charge in [0.1, 0.15) is 5.75 Å². The Morgan fingerprint density at radius 2 is 2.05 bits per heavy atom. The number of phenols is 1. The third-order valence-electron chi connectivity index (χ3n) is 2.49. The second-order valence-electron chi connectivity index (χ2n) is 3.76. The van der Waals surface area contributed by atoms with Crippen LogP contribution in [0, 0.1) is 3.57 Å². The molecule has 0 heterocycles. The van der Waals surface area contributed by atoms with Crippen LogP contribution in [0.25, 0.3) is 0 Å². The normalized spacial score (nSPS) is 11.1. The predicted octanol–water partition coefficient (Wildman–Crippen LogP) is 5.23. The van der Waals surface area contributed by atoms with Gasteiger partial charge in [0, 0.05) is 21.1 Å². The average molecular weight is 448 g/mol. The second kappa shape index (κ2) is 6.76. The van der Waals surface area contributed by atoms with Crippen LogP contribution in [0.15, 0.2) is 50.8 Å². The number of thioether (sulfide) groups is 1. The van der Waals surface area contributed by atoms with Gasteiger partial charge in [0.15, 0.2) is 0 Å². The highest BCUT2D eigenvalue weighted by molar-refractivity contribution is 14.1. The smallest absolute Gasteiger partial charge is 0.137 e. The highest BCUT2D eigenvalue weighted by Crippen LogP contribution is 2.30. The lowest BCUT2D eigenvalue weighted by Gasteiger charge is -2.04. The molecule has 0 atom stereocenters. The Balaban J connectivity index is 2.38. The molecule has 5 heteroatoms. The number of benzene rings is 2. The average Bonchev–Trinajstić information content (AvgIpc) is 2.41. The van der Waals surface area contributed by atoms with Crippen molar-refractivity contribution in [3.8, 4) is 5.75 Å². The Morgan fingerprint density at radius 1 is 1.32 bits per heavy atom. The van der Waals surface area contributed by atoms with Gasteiger partial charge in [-0.05, 0) is 53.1 Å². The molecule has 0 aliphatic heterocycles. The van der Waals surface area contributed by atoms with Crippen LogP contribution in [-0.4, -0.2) is 17.6 Å². The van der Waals surface area contributed by atoms with Gasteiger partial charge in [0.25, 0.3) is 0 Å². The van der Waals surface area contributed by atoms with Crippen molar-refractivity contribution in [3.05, 3.63) is 50.0 Å². The van der Waals surface area contributed by atoms with E-state index in [1.807, 2.05) is 42.7 Å². The van der Waals surface area contributed by atoms with Crippen molar-refractivity contribution in [2.75, 3.05) is 6.26 Å². The highest BCUT2D eigenvalue weighted by atomic mass is 127. The maximum Gasteiger partial charge on any atom is 0.137 e. The minimum Gasteiger partial charge on any atom is -0.506 e. The molecule has 98 valence electrons. The van der Waals surface area contributed by atoms with Crippen LogP contribution >= 0.6 is 50.3 Å². The molecule has 0 spiro atoms. The molecule has 0 saturated carbocycles. The van der Waals surface area contributed by atoms with Crippen LogP contribution in [0.3, 0.4) is 0 Å². The third kappa shape index (κ3) is 3.73. The largest absolute Gasteiger partial charge is 0.506 e. The summed E-state index contributed by atoms with van der Waals surface area (Å²) < 4.78 is 1.72. The number of rotatable bonds is 3. The molecule has 0 amide bonds. The molecule has 19 heavy (non-hydrogen) atoms. The highest BCUT2D eigenvalue weighted by Gasteiger charge is 2.05. The molecule has 2 aromatic carbocycles. The first-order valence-electron chi connectivity index (χ1n) is 5.47. The van der Waals surface area contributed by atoms with Crippen molar-refractivity contribution >= 4 is 62.2 Å². The van der Waals surface area contributed by atoms with Crippen molar-refractivity contribution in [2.24, 2.45) is 4.99 Å². The molecule has 0 aliphatic carbocycles. The first kappa shape index (κ1) is 14.9. The van der Waals surface area contributed by atoms with E-state index in [-0.39, 0.29) is 5.75 Å². The predicted molar refractivity (Wildman–Crippen MR) is 94.0 cm³/mol. The van der Waals surface area contributed by atoms with E-state index < -0.39 is 0 Å². The Morgan fingerprint density at radius 3 is 2.79 bits per heavy atom. The fourth-order valence-electron chi connectivity index (χ4n) is 1.56. The zero-order chi connectivity index (χ0) is 13.8. The van der Waals surface area contributed by atoms with E-state index in [4.69, 9.17) is 0 Å². The van der Waals surface area contributed by atoms with E-state index in [2.05, 4.69) is 43.5 Å². The number of para-hydroxylation sites is 1. The van der Waals surface area contributed by atoms with Crippen LogP contribution in [0.5, 0.6) is 5.75 Å². The summed E-state index contributed by atoms with van der Waals surface area (Å²) in [6.45, 7) is 0. The summed E-state index contributed by atoms with van der Waals surface area (Å²) in [6, 6.07) is 11.7. The molecule has 0 aromatic heterocycles. The zero-order valence-electron chi connectivity index (χ0n) is 10.1. The quantitative estimate of drug-likeness (QED) is 0.397. The molecule has 0 unspecified atom stereocenters. The fourth-order valence-corrected chi connectivity index (χ4v) is 3.65. The van der Waals surface area contributed by atoms with Gasteiger partial charge in [0.05, 0.1) is 9.26 Å². The van der Waals surface area contributed by atoms with Gasteiger partial charge in [-0.25, -0.2) is 0 Å². The lowest BCUT2D eigenvalue weighted by Crippen LogP contribution is -1.86. The Labute approximate surface area is 138 Å². The molecule has 0 radical (unpaired) electrons. The summed E-state index contributed by atoms with van der Waals surface area (Å²) in [5, 5.41) is 10.0. The van der Waals surface area contributed by atoms with Gasteiger partial charge in [-0.1, -0.05) is 28.1 Å². The monoisotopic (exact) mass is 447 g/mol. The molecule has 0 aliphatic rings. The molecule has 0 saturated heterocycles. The summed E-state index contributed by atoms with van der Waals surface area (Å²) in [4.78, 5) is 5.57. The third-order valence-corrected chi connectivity index (χ3v) is 4.55. The molecule has 2 rings (SSSR count). The fraction of sp³-hybridized carbons (Fsp3) is 0.0714. The van der Waals surface area contributed by atoms with Gasteiger partial charge in [-0.3, -0.25) is 4.99 Å². The summed E-state index contributed by atoms with van der Waals surface area (Å²) in [6.07, 6.45) is 3.71. The number of hydrogen-bond acceptors (Lipinski definition) is 3. The van der Waals surface area contributed by atoms with Crippen LogP contribution in [-0.2, 0) is 0 Å². The number of halogens is 2. The Bertz CT molecular complexity index is 631. The summed E-state index contributed by atoms with van der Waals surface area (Å²) in [5.74, 6) is 0.259. The van der Waals surface area contributed by atoms with Gasteiger partial charge in [-0.2, -0.15) is 0 Å². The maximum atomic E-state index is 10.0. The molecule has 2 nitrogen and oxygen atoms in total. The lowest BCUT2D eigenvalue weighted by atomic mass is 10.2. The molecule has 1 N–H and O–H groups in total. The number of aliphatic imine (C=N–C) groups is 1. The first-order valence-corrected chi connectivity index (χ1v) is 8.56. The number of phenolic OH excluding ortho intramolecular Hbond substituents is 1. The van der Waals surface area contributed by atoms with Gasteiger partial charge >= 0.3 is 0 Å². The van der Waals surface area contributed by atoms with Crippen molar-refractivity contribution in [1.29, 1.82) is 0 Å². The van der Waals surface area contributed by atoms with E-state index in [1.165, 1.54) is 0 Å². The van der Waals surface area contributed by atoms with Crippen molar-refractivity contribution in [3.63, 3.8) is 0 Å². The number of nitrogens with zero attached hydrogens (tertiary/aromatic N) is 1. The molecule has 0 fully saturated rings. The lowest BCUT2D eigenvalue weighted by molar-refractivity contribution is 0.470. The molecular weight excluding hydrogens is 437 g/mol. The number of aromatic hydroxyl groups is 1. The Kier molecular flexibility index (Phi) is 5.29. The Hall–Kier alpha value is -0.530. The zero-order valence-corrected chi connectivity index (χ0v) is 14.7. The van der Waals surface area contributed by atoms with Crippen LogP contribution in [0.2, 0.25) is 0 Å². The summed E-state index contributed by atoms with van der Waals surface area (Å²) >= 11 is 7.17. The van der Waals surface area contributed by atoms with E-state index in [1.54, 1.807) is 18.0 Å². The van der Waals surface area contributed by atoms with Crippen molar-refractivity contribution < 1.29 is 5.11 Å². The van der Waals surface area contributed by atoms with Gasteiger partial charge in [0.2, 0.25) is 0 Å². The van der Waals surface area contributed by atoms with Crippen LogP contribution in [0.1, 0.15) is 5.56 Å². The minimum atomic E-state index is 0.259. The van der Waals surface area contributed by atoms with E-state index in [0.29, 0.717) is 5.56 Å². The molecular formula is C14H11BrINOS. The molecule has 0 bridgehead atoms. The second-order valence-corrected chi connectivity index (χ2v) is 6.68. The summed E-state index contributed by atoms with van der Waals surface area (Å²) in [5.41, 5.74) is 1.61. The van der Waals surface area contributed by atoms with Gasteiger partial charge < -0.3 is 5.11 Å². The first-order chi connectivity index (χ1) is 9.11. The van der Waals surface area contributed by atoms with E-state index >= 15 is 0 Å². The standard InChI is InChI=1S/C14H11BrINOS/c1-19-13-5-3-2-4-12(13)17-8-9-6-10(15)7-11(16)14(9)18/h2-8,18H,1H3. The van der Waals surface area contributed by atoms with Gasteiger partial charge in [-0.15, -0.1) is 11.8 Å². The van der Waals surface area contributed by atoms with Crippen molar-refractivity contribution in [1.82, 2.24) is 0 Å². The SMILES string of the molecule is CSc1ccccc1N=Cc1cc(Br)cc(I)c1O. The minimum absolute atomic E-state index is 0.259. The van der Waals surface area contributed by atoms with E-state index in [9.17, 15) is 5.11 Å². The maximum absolute atomic E-state index is 10.0. The van der Waals surface area contributed by atoms with Crippen LogP contribution < -0.4 is 0 Å².